The molecular formula is C18H23FN4OS. The number of thioether (sulfide) groups is 1. The first-order valence-electron chi connectivity index (χ1n) is 8.74. The molecule has 1 fully saturated rings. The molecule has 1 saturated carbocycles. The van der Waals surface area contributed by atoms with Crippen LogP contribution in [0, 0.1) is 11.7 Å². The lowest BCUT2D eigenvalue weighted by molar-refractivity contribution is -0.120. The lowest BCUT2D eigenvalue weighted by Crippen LogP contribution is -2.35. The van der Waals surface area contributed by atoms with Gasteiger partial charge in [-0.15, -0.1) is 10.2 Å². The number of halogens is 1. The Morgan fingerprint density at radius 1 is 1.36 bits per heavy atom. The van der Waals surface area contributed by atoms with Crippen molar-refractivity contribution in [3.05, 3.63) is 36.4 Å². The maximum atomic E-state index is 14.0. The highest BCUT2D eigenvalue weighted by molar-refractivity contribution is 8.00. The van der Waals surface area contributed by atoms with E-state index in [9.17, 15) is 9.18 Å². The Balaban J connectivity index is 1.59. The van der Waals surface area contributed by atoms with E-state index in [-0.39, 0.29) is 17.0 Å². The Labute approximate surface area is 151 Å². The Kier molecular flexibility index (Phi) is 6.07. The van der Waals surface area contributed by atoms with E-state index >= 15 is 0 Å². The van der Waals surface area contributed by atoms with Crippen molar-refractivity contribution in [2.24, 2.45) is 5.92 Å². The number of hydrogen-bond donors (Lipinski definition) is 1. The van der Waals surface area contributed by atoms with Gasteiger partial charge in [0.25, 0.3) is 0 Å². The van der Waals surface area contributed by atoms with Crippen molar-refractivity contribution in [1.29, 1.82) is 0 Å². The first-order chi connectivity index (χ1) is 12.1. The zero-order valence-corrected chi connectivity index (χ0v) is 15.1. The van der Waals surface area contributed by atoms with Gasteiger partial charge in [0.05, 0.1) is 10.9 Å². The summed E-state index contributed by atoms with van der Waals surface area (Å²) in [6.07, 6.45) is 7.69. The number of benzene rings is 1. The smallest absolute Gasteiger partial charge is 0.233 e. The first-order valence-corrected chi connectivity index (χ1v) is 9.62. The second-order valence-corrected chi connectivity index (χ2v) is 7.75. The quantitative estimate of drug-likeness (QED) is 0.798. The van der Waals surface area contributed by atoms with E-state index in [1.165, 1.54) is 56.3 Å². The molecule has 1 aromatic carbocycles. The lowest BCUT2D eigenvalue weighted by Gasteiger charge is -2.22. The van der Waals surface area contributed by atoms with Crippen molar-refractivity contribution in [3.63, 3.8) is 0 Å². The van der Waals surface area contributed by atoms with Crippen LogP contribution in [0.3, 0.4) is 0 Å². The predicted molar refractivity (Wildman–Crippen MR) is 96.2 cm³/mol. The lowest BCUT2D eigenvalue weighted by atomic mass is 9.89. The number of carbonyl (C=O) groups is 1. The van der Waals surface area contributed by atoms with Crippen molar-refractivity contribution in [2.75, 3.05) is 6.54 Å². The van der Waals surface area contributed by atoms with Gasteiger partial charge < -0.3 is 5.32 Å². The topological polar surface area (TPSA) is 59.8 Å². The molecule has 0 spiro atoms. The molecule has 1 heterocycles. The number of para-hydroxylation sites is 1. The summed E-state index contributed by atoms with van der Waals surface area (Å²) < 4.78 is 15.6. The molecule has 0 radical (unpaired) electrons. The van der Waals surface area contributed by atoms with E-state index < -0.39 is 0 Å². The third kappa shape index (κ3) is 4.60. The van der Waals surface area contributed by atoms with Crippen LogP contribution >= 0.6 is 11.8 Å². The van der Waals surface area contributed by atoms with Crippen molar-refractivity contribution >= 4 is 17.7 Å². The van der Waals surface area contributed by atoms with Gasteiger partial charge in [0.15, 0.2) is 5.16 Å². The van der Waals surface area contributed by atoms with Crippen LogP contribution in [-0.4, -0.2) is 32.5 Å². The Bertz CT molecular complexity index is 715. The van der Waals surface area contributed by atoms with E-state index in [1.807, 2.05) is 6.92 Å². The van der Waals surface area contributed by atoms with Crippen molar-refractivity contribution in [2.45, 2.75) is 49.4 Å². The van der Waals surface area contributed by atoms with Crippen molar-refractivity contribution < 1.29 is 9.18 Å². The maximum absolute atomic E-state index is 14.0. The Morgan fingerprint density at radius 3 is 2.88 bits per heavy atom. The third-order valence-electron chi connectivity index (χ3n) is 4.57. The zero-order chi connectivity index (χ0) is 17.6. The molecule has 1 atom stereocenters. The molecule has 1 aliphatic carbocycles. The predicted octanol–water partition coefficient (Wildman–Crippen LogP) is 3.58. The second kappa shape index (κ2) is 8.47. The number of hydrogen-bond acceptors (Lipinski definition) is 4. The highest BCUT2D eigenvalue weighted by Gasteiger charge is 2.21. The van der Waals surface area contributed by atoms with Gasteiger partial charge in [-0.25, -0.2) is 4.39 Å². The van der Waals surface area contributed by atoms with Crippen LogP contribution in [0.4, 0.5) is 4.39 Å². The molecule has 1 unspecified atom stereocenters. The normalized spacial score (nSPS) is 16.6. The van der Waals surface area contributed by atoms with Gasteiger partial charge in [-0.3, -0.25) is 9.36 Å². The van der Waals surface area contributed by atoms with Gasteiger partial charge in [-0.2, -0.15) is 0 Å². The summed E-state index contributed by atoms with van der Waals surface area (Å²) in [4.78, 5) is 12.4. The summed E-state index contributed by atoms with van der Waals surface area (Å²) in [5.41, 5.74) is 0.379. The molecule has 0 saturated heterocycles. The summed E-state index contributed by atoms with van der Waals surface area (Å²) >= 11 is 1.29. The van der Waals surface area contributed by atoms with E-state index in [2.05, 4.69) is 15.5 Å². The highest BCUT2D eigenvalue weighted by atomic mass is 32.2. The third-order valence-corrected chi connectivity index (χ3v) is 5.63. The van der Waals surface area contributed by atoms with E-state index in [4.69, 9.17) is 0 Å². The molecule has 134 valence electrons. The molecule has 0 aliphatic heterocycles. The molecule has 1 aromatic heterocycles. The monoisotopic (exact) mass is 362 g/mol. The average Bonchev–Trinajstić information content (AvgIpc) is 3.08. The minimum atomic E-state index is -0.349. The summed E-state index contributed by atoms with van der Waals surface area (Å²) in [6.45, 7) is 2.57. The number of nitrogens with one attached hydrogen (secondary N) is 1. The summed E-state index contributed by atoms with van der Waals surface area (Å²) in [5.74, 6) is 0.231. The first kappa shape index (κ1) is 17.9. The molecule has 0 bridgehead atoms. The highest BCUT2D eigenvalue weighted by Crippen LogP contribution is 2.26. The summed E-state index contributed by atoms with van der Waals surface area (Å²) in [5, 5.41) is 11.1. The van der Waals surface area contributed by atoms with E-state index in [0.29, 0.717) is 16.8 Å². The van der Waals surface area contributed by atoms with E-state index in [0.717, 1.165) is 6.54 Å². The molecule has 3 rings (SSSR count). The number of amides is 1. The largest absolute Gasteiger partial charge is 0.355 e. The van der Waals surface area contributed by atoms with Crippen LogP contribution < -0.4 is 5.32 Å². The Morgan fingerprint density at radius 2 is 2.12 bits per heavy atom. The van der Waals surface area contributed by atoms with Gasteiger partial charge in [0.2, 0.25) is 5.91 Å². The number of carbonyl (C=O) groups excluding carboxylic acids is 1. The van der Waals surface area contributed by atoms with Gasteiger partial charge >= 0.3 is 0 Å². The van der Waals surface area contributed by atoms with Gasteiger partial charge in [0, 0.05) is 6.54 Å². The summed E-state index contributed by atoms with van der Waals surface area (Å²) in [6, 6.07) is 6.45. The average molecular weight is 362 g/mol. The number of nitrogens with zero attached hydrogens (tertiary/aromatic N) is 3. The van der Waals surface area contributed by atoms with Crippen LogP contribution in [0.2, 0.25) is 0 Å². The molecule has 25 heavy (non-hydrogen) atoms. The number of rotatable bonds is 6. The Hall–Kier alpha value is -1.89. The standard InChI is InChI=1S/C18H23FN4OS/c1-13(17(24)20-11-14-7-3-2-4-8-14)25-18-22-21-12-23(18)16-10-6-5-9-15(16)19/h5-6,9-10,12-14H,2-4,7-8,11H2,1H3,(H,20,24). The SMILES string of the molecule is CC(Sc1nncn1-c1ccccc1F)C(=O)NCC1CCCCC1. The molecule has 5 nitrogen and oxygen atoms in total. The van der Waals surface area contributed by atoms with Gasteiger partial charge in [-0.05, 0) is 37.8 Å². The van der Waals surface area contributed by atoms with Crippen LogP contribution in [0.1, 0.15) is 39.0 Å². The van der Waals surface area contributed by atoms with Crippen LogP contribution in [0.15, 0.2) is 35.7 Å². The second-order valence-electron chi connectivity index (χ2n) is 6.44. The molecule has 1 N–H and O–H groups in total. The van der Waals surface area contributed by atoms with Crippen LogP contribution in [0.5, 0.6) is 0 Å². The van der Waals surface area contributed by atoms with Gasteiger partial charge in [-0.1, -0.05) is 43.2 Å². The molecule has 1 aliphatic rings. The zero-order valence-electron chi connectivity index (χ0n) is 14.3. The van der Waals surface area contributed by atoms with Crippen molar-refractivity contribution in [1.82, 2.24) is 20.1 Å². The minimum Gasteiger partial charge on any atom is -0.355 e. The number of aromatic nitrogens is 3. The van der Waals surface area contributed by atoms with Crippen LogP contribution in [0.25, 0.3) is 5.69 Å². The fraction of sp³-hybridized carbons (Fsp3) is 0.500. The minimum absolute atomic E-state index is 0.0151. The maximum Gasteiger partial charge on any atom is 0.233 e. The van der Waals surface area contributed by atoms with E-state index in [1.54, 1.807) is 22.8 Å². The molecular weight excluding hydrogens is 339 g/mol. The molecule has 7 heteroatoms. The molecule has 1 amide bonds. The fourth-order valence-electron chi connectivity index (χ4n) is 3.11. The van der Waals surface area contributed by atoms with Crippen molar-refractivity contribution in [3.8, 4) is 5.69 Å². The molecule has 2 aromatic rings. The summed E-state index contributed by atoms with van der Waals surface area (Å²) in [7, 11) is 0. The fourth-order valence-corrected chi connectivity index (χ4v) is 3.97. The van der Waals surface area contributed by atoms with Gasteiger partial charge in [0.1, 0.15) is 12.1 Å². The van der Waals surface area contributed by atoms with Crippen LogP contribution in [-0.2, 0) is 4.79 Å².